The van der Waals surface area contributed by atoms with Crippen LogP contribution < -0.4 is 10.1 Å². The highest BCUT2D eigenvalue weighted by molar-refractivity contribution is 8.00. The molecule has 1 aliphatic heterocycles. The second-order valence-electron chi connectivity index (χ2n) is 5.60. The number of para-hydroxylation sites is 1. The first-order chi connectivity index (χ1) is 9.74. The van der Waals surface area contributed by atoms with Crippen molar-refractivity contribution in [3.8, 4) is 5.75 Å². The third-order valence-corrected chi connectivity index (χ3v) is 6.23. The molecule has 1 aromatic rings. The fourth-order valence-electron chi connectivity index (χ4n) is 2.96. The number of nitrogens with one attached hydrogen (secondary N) is 1. The zero-order valence-electron chi connectivity index (χ0n) is 12.9. The maximum absolute atomic E-state index is 5.73. The van der Waals surface area contributed by atoms with Gasteiger partial charge in [0.1, 0.15) is 5.75 Å². The number of thioether (sulfide) groups is 1. The van der Waals surface area contributed by atoms with Crippen molar-refractivity contribution in [1.82, 2.24) is 5.32 Å². The molecule has 0 aliphatic carbocycles. The van der Waals surface area contributed by atoms with Crippen molar-refractivity contribution in [2.45, 2.75) is 43.8 Å². The maximum atomic E-state index is 5.73. The van der Waals surface area contributed by atoms with Crippen LogP contribution in [-0.2, 0) is 0 Å². The lowest BCUT2D eigenvalue weighted by Crippen LogP contribution is -2.38. The number of hydrogen-bond acceptors (Lipinski definition) is 3. The van der Waals surface area contributed by atoms with Crippen molar-refractivity contribution in [3.05, 3.63) is 29.8 Å². The van der Waals surface area contributed by atoms with E-state index in [9.17, 15) is 0 Å². The van der Waals surface area contributed by atoms with Gasteiger partial charge in [-0.25, -0.2) is 0 Å². The molecule has 0 amide bonds. The third-order valence-electron chi connectivity index (χ3n) is 4.64. The smallest absolute Gasteiger partial charge is 0.122 e. The van der Waals surface area contributed by atoms with Gasteiger partial charge in [0.2, 0.25) is 0 Å². The fourth-order valence-corrected chi connectivity index (χ4v) is 3.79. The van der Waals surface area contributed by atoms with E-state index in [0.717, 1.165) is 31.9 Å². The zero-order chi connectivity index (χ0) is 14.4. The van der Waals surface area contributed by atoms with Crippen LogP contribution in [0.25, 0.3) is 0 Å². The van der Waals surface area contributed by atoms with Crippen LogP contribution >= 0.6 is 11.8 Å². The Morgan fingerprint density at radius 1 is 1.30 bits per heavy atom. The predicted molar refractivity (Wildman–Crippen MR) is 89.0 cm³/mol. The summed E-state index contributed by atoms with van der Waals surface area (Å²) in [5, 5.41) is 3.71. The molecule has 1 N–H and O–H groups in total. The van der Waals surface area contributed by atoms with Gasteiger partial charge in [0.15, 0.2) is 0 Å². The summed E-state index contributed by atoms with van der Waals surface area (Å²) < 4.78 is 6.13. The van der Waals surface area contributed by atoms with Crippen LogP contribution in [0.1, 0.15) is 44.6 Å². The largest absolute Gasteiger partial charge is 0.493 e. The first kappa shape index (κ1) is 15.7. The Hall–Kier alpha value is -0.670. The summed E-state index contributed by atoms with van der Waals surface area (Å²) >= 11 is 2.00. The van der Waals surface area contributed by atoms with Gasteiger partial charge in [-0.05, 0) is 37.1 Å². The van der Waals surface area contributed by atoms with Gasteiger partial charge >= 0.3 is 0 Å². The molecule has 1 atom stereocenters. The van der Waals surface area contributed by atoms with Crippen LogP contribution in [0.4, 0.5) is 0 Å². The molecule has 1 aromatic carbocycles. The highest BCUT2D eigenvalue weighted by atomic mass is 32.2. The van der Waals surface area contributed by atoms with Gasteiger partial charge in [-0.15, -0.1) is 0 Å². The highest BCUT2D eigenvalue weighted by Crippen LogP contribution is 2.33. The van der Waals surface area contributed by atoms with Gasteiger partial charge < -0.3 is 10.1 Å². The Morgan fingerprint density at radius 3 is 2.75 bits per heavy atom. The number of ether oxygens (including phenoxy) is 1. The quantitative estimate of drug-likeness (QED) is 0.819. The topological polar surface area (TPSA) is 21.3 Å². The average molecular weight is 293 g/mol. The van der Waals surface area contributed by atoms with Crippen molar-refractivity contribution in [2.24, 2.45) is 0 Å². The number of hydrogen-bond donors (Lipinski definition) is 1. The van der Waals surface area contributed by atoms with Gasteiger partial charge in [0, 0.05) is 23.8 Å². The molecule has 3 heteroatoms. The minimum atomic E-state index is 0.394. The summed E-state index contributed by atoms with van der Waals surface area (Å²) in [4.78, 5) is 0. The molecule has 20 heavy (non-hydrogen) atoms. The lowest BCUT2D eigenvalue weighted by atomic mass is 9.92. The van der Waals surface area contributed by atoms with E-state index >= 15 is 0 Å². The van der Waals surface area contributed by atoms with E-state index in [1.807, 2.05) is 11.8 Å². The van der Waals surface area contributed by atoms with Crippen molar-refractivity contribution in [1.29, 1.82) is 0 Å². The van der Waals surface area contributed by atoms with Gasteiger partial charge in [0.05, 0.1) is 6.61 Å². The second-order valence-corrected chi connectivity index (χ2v) is 6.87. The molecule has 0 bridgehead atoms. The molecule has 0 saturated heterocycles. The van der Waals surface area contributed by atoms with E-state index in [2.05, 4.69) is 49.7 Å². The first-order valence-corrected chi connectivity index (χ1v) is 8.94. The van der Waals surface area contributed by atoms with Crippen molar-refractivity contribution in [2.75, 3.05) is 26.0 Å². The minimum absolute atomic E-state index is 0.394. The second kappa shape index (κ2) is 7.37. The molecule has 0 spiro atoms. The first-order valence-electron chi connectivity index (χ1n) is 7.72. The summed E-state index contributed by atoms with van der Waals surface area (Å²) in [6.45, 7) is 7.60. The Labute approximate surface area is 127 Å². The molecule has 0 saturated carbocycles. The fraction of sp³-hybridized carbons (Fsp3) is 0.647. The van der Waals surface area contributed by atoms with Crippen LogP contribution in [0.5, 0.6) is 5.75 Å². The normalized spacial score (nSPS) is 18.4. The number of fused-ring (bicyclic) bond motifs is 1. The van der Waals surface area contributed by atoms with E-state index in [1.165, 1.54) is 18.4 Å². The molecule has 2 nitrogen and oxygen atoms in total. The molecule has 112 valence electrons. The van der Waals surface area contributed by atoms with E-state index in [0.29, 0.717) is 10.7 Å². The maximum Gasteiger partial charge on any atom is 0.122 e. The van der Waals surface area contributed by atoms with Crippen molar-refractivity contribution < 1.29 is 4.74 Å². The van der Waals surface area contributed by atoms with Crippen LogP contribution in [-0.4, -0.2) is 30.7 Å². The molecule has 1 unspecified atom stereocenters. The van der Waals surface area contributed by atoms with Gasteiger partial charge in [0.25, 0.3) is 0 Å². The number of rotatable bonds is 7. The Balaban J connectivity index is 1.92. The summed E-state index contributed by atoms with van der Waals surface area (Å²) in [6.07, 6.45) is 5.80. The van der Waals surface area contributed by atoms with Crippen LogP contribution in [0.3, 0.4) is 0 Å². The molecule has 1 aliphatic rings. The van der Waals surface area contributed by atoms with Crippen LogP contribution in [0.15, 0.2) is 24.3 Å². The van der Waals surface area contributed by atoms with Gasteiger partial charge in [-0.1, -0.05) is 32.0 Å². The predicted octanol–water partition coefficient (Wildman–Crippen LogP) is 4.06. The Morgan fingerprint density at radius 2 is 2.05 bits per heavy atom. The van der Waals surface area contributed by atoms with E-state index in [1.54, 1.807) is 0 Å². The van der Waals surface area contributed by atoms with E-state index in [-0.39, 0.29) is 0 Å². The van der Waals surface area contributed by atoms with Gasteiger partial charge in [-0.2, -0.15) is 11.8 Å². The Bertz CT molecular complexity index is 409. The summed E-state index contributed by atoms with van der Waals surface area (Å²) in [7, 11) is 0. The van der Waals surface area contributed by atoms with Gasteiger partial charge in [-0.3, -0.25) is 0 Å². The lowest BCUT2D eigenvalue weighted by molar-refractivity contribution is 0.263. The SMILES string of the molecule is CCC(CC)(CNCC1CCOc2ccccc21)SC. The van der Waals surface area contributed by atoms with E-state index < -0.39 is 0 Å². The molecule has 0 radical (unpaired) electrons. The minimum Gasteiger partial charge on any atom is -0.493 e. The van der Waals surface area contributed by atoms with Crippen LogP contribution in [0, 0.1) is 0 Å². The number of benzene rings is 1. The third kappa shape index (κ3) is 3.50. The molecular weight excluding hydrogens is 266 g/mol. The Kier molecular flexibility index (Phi) is 5.79. The lowest BCUT2D eigenvalue weighted by Gasteiger charge is -2.32. The molecule has 1 heterocycles. The monoisotopic (exact) mass is 293 g/mol. The zero-order valence-corrected chi connectivity index (χ0v) is 13.8. The molecule has 0 aromatic heterocycles. The molecular formula is C17H27NOS. The summed E-state index contributed by atoms with van der Waals surface area (Å²) in [5.41, 5.74) is 1.37. The van der Waals surface area contributed by atoms with Crippen LogP contribution in [0.2, 0.25) is 0 Å². The van der Waals surface area contributed by atoms with E-state index in [4.69, 9.17) is 4.74 Å². The highest BCUT2D eigenvalue weighted by Gasteiger charge is 2.26. The summed E-state index contributed by atoms with van der Waals surface area (Å²) in [5.74, 6) is 1.67. The standard InChI is InChI=1S/C17H27NOS/c1-4-17(5-2,20-3)13-18-12-14-10-11-19-16-9-7-6-8-15(14)16/h6-9,14,18H,4-5,10-13H2,1-3H3. The summed E-state index contributed by atoms with van der Waals surface area (Å²) in [6, 6.07) is 8.47. The van der Waals surface area contributed by atoms with Crippen molar-refractivity contribution >= 4 is 11.8 Å². The van der Waals surface area contributed by atoms with Crippen molar-refractivity contribution in [3.63, 3.8) is 0 Å². The molecule has 0 fully saturated rings. The molecule has 2 rings (SSSR count). The average Bonchev–Trinajstić information content (AvgIpc) is 2.52.